The molecule has 4 rings (SSSR count). The predicted octanol–water partition coefficient (Wildman–Crippen LogP) is 3.67. The third-order valence-electron chi connectivity index (χ3n) is 6.84. The Labute approximate surface area is 266 Å². The molecule has 3 aromatic rings. The van der Waals surface area contributed by atoms with Crippen molar-refractivity contribution in [2.75, 3.05) is 27.4 Å². The number of carbonyl (C=O) groups excluding carboxylic acids is 2. The molecule has 0 saturated heterocycles. The van der Waals surface area contributed by atoms with Gasteiger partial charge < -0.3 is 39.4 Å². The van der Waals surface area contributed by atoms with E-state index < -0.39 is 24.3 Å². The Kier molecular flexibility index (Phi) is 11.4. The zero-order chi connectivity index (χ0) is 33.1. The number of aliphatic hydroxyl groups excluding tert-OH is 1. The largest absolute Gasteiger partial charge is 0.493 e. The molecule has 0 unspecified atom stereocenters. The van der Waals surface area contributed by atoms with Gasteiger partial charge in [-0.15, -0.1) is 0 Å². The highest BCUT2D eigenvalue weighted by atomic mass is 16.5. The lowest BCUT2D eigenvalue weighted by Crippen LogP contribution is -2.45. The molecule has 0 fully saturated rings. The number of nitrogens with zero attached hydrogens (tertiary/aromatic N) is 2. The SMILES string of the molecule is CCOc1cc([C@H]2NC(=O)NC(C)=C2C(=O)OC)ccc1OC[C@@H](O)N/N=C/c1cccc(OC)c1OCc1ccccc1C#N. The quantitative estimate of drug-likeness (QED) is 0.0892. The number of esters is 1. The first-order valence-corrected chi connectivity index (χ1v) is 14.3. The zero-order valence-electron chi connectivity index (χ0n) is 25.8. The van der Waals surface area contributed by atoms with Gasteiger partial charge in [0.25, 0.3) is 0 Å². The van der Waals surface area contributed by atoms with Crippen LogP contribution in [-0.2, 0) is 16.1 Å². The number of ether oxygens (including phenoxy) is 5. The molecular formula is C33H35N5O8. The summed E-state index contributed by atoms with van der Waals surface area (Å²) in [5.74, 6) is 0.988. The number of carbonyl (C=O) groups is 2. The topological polar surface area (TPSA) is 173 Å². The Morgan fingerprint density at radius 1 is 1.09 bits per heavy atom. The summed E-state index contributed by atoms with van der Waals surface area (Å²) >= 11 is 0. The first kappa shape index (κ1) is 33.2. The van der Waals surface area contributed by atoms with E-state index >= 15 is 0 Å². The number of benzene rings is 3. The molecule has 0 aromatic heterocycles. The Balaban J connectivity index is 1.43. The van der Waals surface area contributed by atoms with E-state index in [1.165, 1.54) is 20.4 Å². The third kappa shape index (κ3) is 8.04. The Morgan fingerprint density at radius 3 is 2.63 bits per heavy atom. The van der Waals surface area contributed by atoms with Crippen LogP contribution < -0.4 is 35.0 Å². The van der Waals surface area contributed by atoms with Gasteiger partial charge in [-0.2, -0.15) is 10.4 Å². The van der Waals surface area contributed by atoms with Crippen LogP contribution in [0, 0.1) is 11.3 Å². The van der Waals surface area contributed by atoms with Crippen molar-refractivity contribution in [3.8, 4) is 29.1 Å². The van der Waals surface area contributed by atoms with Crippen molar-refractivity contribution in [2.24, 2.45) is 5.10 Å². The van der Waals surface area contributed by atoms with E-state index in [1.807, 2.05) is 12.1 Å². The lowest BCUT2D eigenvalue weighted by Gasteiger charge is -2.28. The lowest BCUT2D eigenvalue weighted by atomic mass is 9.95. The van der Waals surface area contributed by atoms with Gasteiger partial charge in [0.1, 0.15) is 13.2 Å². The summed E-state index contributed by atoms with van der Waals surface area (Å²) in [6.45, 7) is 3.68. The van der Waals surface area contributed by atoms with Crippen molar-refractivity contribution >= 4 is 18.2 Å². The van der Waals surface area contributed by atoms with Gasteiger partial charge >= 0.3 is 12.0 Å². The maximum absolute atomic E-state index is 12.5. The summed E-state index contributed by atoms with van der Waals surface area (Å²) in [7, 11) is 2.79. The van der Waals surface area contributed by atoms with Crippen LogP contribution in [0.1, 0.15) is 42.1 Å². The monoisotopic (exact) mass is 629 g/mol. The minimum absolute atomic E-state index is 0.139. The molecule has 13 heteroatoms. The molecule has 4 N–H and O–H groups in total. The highest BCUT2D eigenvalue weighted by Gasteiger charge is 2.32. The second kappa shape index (κ2) is 15.8. The van der Waals surface area contributed by atoms with Crippen molar-refractivity contribution < 1.29 is 38.4 Å². The molecular weight excluding hydrogens is 594 g/mol. The van der Waals surface area contributed by atoms with Crippen LogP contribution in [0.25, 0.3) is 0 Å². The number of hydrazone groups is 1. The zero-order valence-corrected chi connectivity index (χ0v) is 25.8. The fraction of sp³-hybridized carbons (Fsp3) is 0.273. The molecule has 1 heterocycles. The van der Waals surface area contributed by atoms with Crippen molar-refractivity contribution in [2.45, 2.75) is 32.7 Å². The van der Waals surface area contributed by atoms with E-state index in [0.29, 0.717) is 52.0 Å². The molecule has 240 valence electrons. The van der Waals surface area contributed by atoms with Gasteiger partial charge in [-0.05, 0) is 49.7 Å². The number of aliphatic hydroxyl groups is 1. The van der Waals surface area contributed by atoms with Crippen molar-refractivity contribution in [1.82, 2.24) is 16.1 Å². The van der Waals surface area contributed by atoms with Crippen LogP contribution in [0.3, 0.4) is 0 Å². The number of nitrogens with one attached hydrogen (secondary N) is 3. The Morgan fingerprint density at radius 2 is 1.89 bits per heavy atom. The molecule has 1 aliphatic heterocycles. The second-order valence-corrected chi connectivity index (χ2v) is 9.85. The van der Waals surface area contributed by atoms with Crippen molar-refractivity contribution in [3.05, 3.63) is 94.2 Å². The van der Waals surface area contributed by atoms with E-state index in [0.717, 1.165) is 5.56 Å². The average molecular weight is 630 g/mol. The number of urea groups is 1. The first-order chi connectivity index (χ1) is 22.3. The van der Waals surface area contributed by atoms with Gasteiger partial charge in [0.15, 0.2) is 29.2 Å². The van der Waals surface area contributed by atoms with E-state index in [9.17, 15) is 20.0 Å². The van der Waals surface area contributed by atoms with Gasteiger partial charge in [-0.25, -0.2) is 9.59 Å². The summed E-state index contributed by atoms with van der Waals surface area (Å²) < 4.78 is 28.0. The molecule has 0 aliphatic carbocycles. The molecule has 13 nitrogen and oxygen atoms in total. The minimum Gasteiger partial charge on any atom is -0.493 e. The highest BCUT2D eigenvalue weighted by molar-refractivity contribution is 5.95. The molecule has 2 atom stereocenters. The molecule has 0 saturated carbocycles. The number of para-hydroxylation sites is 1. The fourth-order valence-corrected chi connectivity index (χ4v) is 4.67. The van der Waals surface area contributed by atoms with Gasteiger partial charge in [0, 0.05) is 16.8 Å². The van der Waals surface area contributed by atoms with E-state index in [2.05, 4.69) is 27.2 Å². The predicted molar refractivity (Wildman–Crippen MR) is 167 cm³/mol. The normalized spacial score (nSPS) is 14.9. The fourth-order valence-electron chi connectivity index (χ4n) is 4.67. The molecule has 2 amide bonds. The van der Waals surface area contributed by atoms with E-state index in [-0.39, 0.29) is 18.8 Å². The van der Waals surface area contributed by atoms with Crippen LogP contribution in [0.4, 0.5) is 4.79 Å². The number of allylic oxidation sites excluding steroid dienone is 1. The average Bonchev–Trinajstić information content (AvgIpc) is 3.06. The molecule has 0 radical (unpaired) electrons. The summed E-state index contributed by atoms with van der Waals surface area (Å²) in [6.07, 6.45) is 0.266. The number of amides is 2. The minimum atomic E-state index is -1.21. The van der Waals surface area contributed by atoms with E-state index in [1.54, 1.807) is 62.4 Å². The number of nitriles is 1. The van der Waals surface area contributed by atoms with Crippen LogP contribution in [0.15, 0.2) is 77.0 Å². The van der Waals surface area contributed by atoms with Crippen LogP contribution in [-0.4, -0.2) is 57.0 Å². The maximum atomic E-state index is 12.5. The number of hydrogen-bond donors (Lipinski definition) is 4. The van der Waals surface area contributed by atoms with Crippen LogP contribution in [0.5, 0.6) is 23.0 Å². The molecule has 3 aromatic carbocycles. The van der Waals surface area contributed by atoms with Gasteiger partial charge in [0.05, 0.1) is 50.3 Å². The van der Waals surface area contributed by atoms with Crippen LogP contribution >= 0.6 is 0 Å². The van der Waals surface area contributed by atoms with Gasteiger partial charge in [-0.1, -0.05) is 30.3 Å². The van der Waals surface area contributed by atoms with Crippen molar-refractivity contribution in [1.29, 1.82) is 5.26 Å². The van der Waals surface area contributed by atoms with E-state index in [4.69, 9.17) is 23.7 Å². The summed E-state index contributed by atoms with van der Waals surface area (Å²) in [5, 5.41) is 29.4. The molecule has 0 spiro atoms. The molecule has 46 heavy (non-hydrogen) atoms. The standard InChI is InChI=1S/C33H35N5O8/c1-5-44-27-15-21(30-29(32(40)43-4)20(2)36-33(41)37-30)13-14-25(27)45-19-28(39)38-35-17-23-11-8-12-26(42-3)31(23)46-18-24-10-7-6-9-22(24)16-34/h6-15,17,28,30,38-39H,5,18-19H2,1-4H3,(H2,36,37,41)/b35-17+/t28-,30-/m1/s1. The van der Waals surface area contributed by atoms with Crippen LogP contribution in [0.2, 0.25) is 0 Å². The smallest absolute Gasteiger partial charge is 0.337 e. The maximum Gasteiger partial charge on any atom is 0.337 e. The number of hydrogen-bond acceptors (Lipinski definition) is 11. The first-order valence-electron chi connectivity index (χ1n) is 14.3. The second-order valence-electron chi connectivity index (χ2n) is 9.85. The highest BCUT2D eigenvalue weighted by Crippen LogP contribution is 2.35. The number of methoxy groups -OCH3 is 2. The summed E-state index contributed by atoms with van der Waals surface area (Å²) in [4.78, 5) is 24.6. The Bertz CT molecular complexity index is 1670. The van der Waals surface area contributed by atoms with Gasteiger partial charge in [0.2, 0.25) is 0 Å². The van der Waals surface area contributed by atoms with Gasteiger partial charge in [-0.3, -0.25) is 5.43 Å². The number of rotatable bonds is 14. The summed E-state index contributed by atoms with van der Waals surface area (Å²) in [6, 6.07) is 18.3. The molecule has 1 aliphatic rings. The van der Waals surface area contributed by atoms with Crippen molar-refractivity contribution in [3.63, 3.8) is 0 Å². The summed E-state index contributed by atoms with van der Waals surface area (Å²) in [5.41, 5.74) is 5.63. The third-order valence-corrected chi connectivity index (χ3v) is 6.84. The Hall–Kier alpha value is -5.74. The lowest BCUT2D eigenvalue weighted by molar-refractivity contribution is -0.136. The molecule has 0 bridgehead atoms.